The lowest BCUT2D eigenvalue weighted by atomic mass is 9.99. The zero-order valence-electron chi connectivity index (χ0n) is 52.7. The Morgan fingerprint density at radius 1 is 0.734 bits per heavy atom. The van der Waals surface area contributed by atoms with Gasteiger partial charge >= 0.3 is 5.97 Å². The highest BCUT2D eigenvalue weighted by Crippen LogP contribution is 2.23. The molecule has 1 aliphatic rings. The molecule has 7 rings (SSSR count). The Kier molecular flexibility index (Phi) is 25.5. The lowest BCUT2D eigenvalue weighted by Crippen LogP contribution is -2.62. The number of nitrogens with one attached hydrogen (secondary N) is 10. The van der Waals surface area contributed by atoms with Gasteiger partial charge in [0.2, 0.25) is 53.2 Å². The van der Waals surface area contributed by atoms with Crippen LogP contribution in [0, 0.1) is 5.92 Å². The number of carbonyl (C=O) groups is 10. The molecule has 0 aliphatic carbocycles. The van der Waals surface area contributed by atoms with Crippen LogP contribution in [0.15, 0.2) is 96.5 Å². The summed E-state index contributed by atoms with van der Waals surface area (Å²) in [5, 5.41) is 49.6. The maximum atomic E-state index is 15.3. The average Bonchev–Trinajstić information content (AvgIpc) is 1.56. The molecule has 19 N–H and O–H groups in total. The van der Waals surface area contributed by atoms with Crippen molar-refractivity contribution in [3.05, 3.63) is 114 Å². The fourth-order valence-corrected chi connectivity index (χ4v) is 11.1. The summed E-state index contributed by atoms with van der Waals surface area (Å²) in [7, 11) is 2.84. The number of aliphatic carboxylic acids is 1. The number of carbonyl (C=O) groups excluding carboxylic acids is 9. The molecule has 1 fully saturated rings. The third-order valence-corrected chi connectivity index (χ3v) is 16.1. The number of nitrogens with zero attached hydrogens (tertiary/aromatic N) is 5. The Morgan fingerprint density at radius 3 is 1.99 bits per heavy atom. The Hall–Kier alpha value is -10.4. The monoisotopic (exact) mass is 1300 g/mol. The van der Waals surface area contributed by atoms with Crippen LogP contribution < -0.4 is 54.4 Å². The SMILES string of the molecule is CNC(=O)[C@@H]1CCCN1C(=O)[C@H](CCCN=C(N)N)NC(=O)[C@H](CC(C)C)N(C)C(=O)[C@@H](Cc1nc2ccccc2[nH]1)NC(=O)[C@H](Cc1ccc(O)cc1)NC(=O)[C@H](CO)NC(=O)[C@H](Cc1c[nH]c2ccccc12)NC(=O)[C@H](Cc1cnc[nH]1)NC(=O)[C@@H](N)CCC(=O)O. The number of phenolic OH excluding ortho intramolecular Hbond substituents is 1. The van der Waals surface area contributed by atoms with E-state index in [9.17, 15) is 53.7 Å². The second kappa shape index (κ2) is 33.8. The van der Waals surface area contributed by atoms with Gasteiger partial charge < -0.3 is 94.5 Å². The highest BCUT2D eigenvalue weighted by molar-refractivity contribution is 5.99. The zero-order valence-corrected chi connectivity index (χ0v) is 52.7. The molecular weight excluding hydrogens is 1220 g/mol. The molecule has 3 aromatic heterocycles. The number of aliphatic imine (C=N–C) groups is 1. The largest absolute Gasteiger partial charge is 0.508 e. The normalized spacial score (nSPS) is 15.5. The number of H-pyrrole nitrogens is 3. The van der Waals surface area contributed by atoms with E-state index in [1.165, 1.54) is 55.8 Å². The number of amides is 9. The van der Waals surface area contributed by atoms with Crippen LogP contribution in [-0.2, 0) is 73.6 Å². The third kappa shape index (κ3) is 19.8. The fourth-order valence-electron chi connectivity index (χ4n) is 11.1. The number of guanidine groups is 1. The molecule has 1 saturated heterocycles. The van der Waals surface area contributed by atoms with Gasteiger partial charge in [-0.15, -0.1) is 0 Å². The van der Waals surface area contributed by atoms with Crippen molar-refractivity contribution in [3.8, 4) is 5.75 Å². The van der Waals surface area contributed by atoms with Gasteiger partial charge in [0.15, 0.2) is 5.96 Å². The molecule has 31 heteroatoms. The number of aromatic amines is 3. The van der Waals surface area contributed by atoms with Gasteiger partial charge in [0.1, 0.15) is 59.9 Å². The van der Waals surface area contributed by atoms with Crippen molar-refractivity contribution >= 4 is 87.0 Å². The van der Waals surface area contributed by atoms with Crippen LogP contribution in [-0.4, -0.2) is 203 Å². The number of para-hydroxylation sites is 3. The van der Waals surface area contributed by atoms with E-state index in [4.69, 9.17) is 17.2 Å². The van der Waals surface area contributed by atoms with Crippen LogP contribution >= 0.6 is 0 Å². The minimum atomic E-state index is -1.82. The number of aromatic nitrogens is 5. The van der Waals surface area contributed by atoms with Crippen molar-refractivity contribution in [2.75, 3.05) is 33.8 Å². The van der Waals surface area contributed by atoms with Crippen LogP contribution in [0.3, 0.4) is 0 Å². The summed E-state index contributed by atoms with van der Waals surface area (Å²) in [5.41, 5.74) is 20.3. The summed E-state index contributed by atoms with van der Waals surface area (Å²) in [4.78, 5) is 165. The number of aromatic hydroxyl groups is 1. The molecule has 6 aromatic rings. The molecule has 0 saturated carbocycles. The number of carboxylic acids is 1. The van der Waals surface area contributed by atoms with Crippen LogP contribution in [0.1, 0.15) is 81.4 Å². The van der Waals surface area contributed by atoms with Crippen LogP contribution in [0.5, 0.6) is 5.75 Å². The number of hydrogen-bond acceptors (Lipinski definition) is 16. The van der Waals surface area contributed by atoms with Gasteiger partial charge in [0, 0.05) is 88.3 Å². The molecule has 504 valence electrons. The van der Waals surface area contributed by atoms with Crippen LogP contribution in [0.2, 0.25) is 0 Å². The number of phenols is 1. The van der Waals surface area contributed by atoms with Gasteiger partial charge in [-0.25, -0.2) is 9.97 Å². The number of aliphatic hydroxyl groups excluding tert-OH is 1. The molecular formula is C63H84N18O13. The maximum Gasteiger partial charge on any atom is 0.303 e. The first-order chi connectivity index (χ1) is 44.9. The van der Waals surface area contributed by atoms with E-state index in [-0.39, 0.29) is 93.8 Å². The van der Waals surface area contributed by atoms with Gasteiger partial charge in [-0.3, -0.25) is 52.9 Å². The number of rotatable bonds is 34. The minimum absolute atomic E-state index is 0.0523. The number of aliphatic hydroxyl groups is 1. The van der Waals surface area contributed by atoms with E-state index in [1.807, 2.05) is 13.8 Å². The minimum Gasteiger partial charge on any atom is -0.508 e. The van der Waals surface area contributed by atoms with Crippen molar-refractivity contribution in [1.82, 2.24) is 71.9 Å². The molecule has 9 atom stereocenters. The first-order valence-electron chi connectivity index (χ1n) is 30.9. The Morgan fingerprint density at radius 2 is 1.35 bits per heavy atom. The molecule has 94 heavy (non-hydrogen) atoms. The van der Waals surface area contributed by atoms with E-state index >= 15 is 9.59 Å². The quantitative estimate of drug-likeness (QED) is 0.0124. The average molecular weight is 1300 g/mol. The predicted molar refractivity (Wildman–Crippen MR) is 344 cm³/mol. The maximum absolute atomic E-state index is 15.3. The predicted octanol–water partition coefficient (Wildman–Crippen LogP) is -1.50. The van der Waals surface area contributed by atoms with Crippen LogP contribution in [0.25, 0.3) is 21.9 Å². The Labute approximate surface area is 541 Å². The molecule has 0 radical (unpaired) electrons. The van der Waals surface area contributed by atoms with Crippen molar-refractivity contribution in [2.24, 2.45) is 28.1 Å². The van der Waals surface area contributed by atoms with Gasteiger partial charge in [-0.2, -0.15) is 0 Å². The lowest BCUT2D eigenvalue weighted by Gasteiger charge is -2.34. The zero-order chi connectivity index (χ0) is 68.2. The van der Waals surface area contributed by atoms with Gasteiger partial charge in [-0.1, -0.05) is 56.3 Å². The van der Waals surface area contributed by atoms with Gasteiger partial charge in [0.25, 0.3) is 0 Å². The van der Waals surface area contributed by atoms with Crippen LogP contribution in [0.4, 0.5) is 0 Å². The third-order valence-electron chi connectivity index (χ3n) is 16.1. The first-order valence-corrected chi connectivity index (χ1v) is 30.9. The van der Waals surface area contributed by atoms with E-state index in [0.29, 0.717) is 51.6 Å². The van der Waals surface area contributed by atoms with E-state index in [1.54, 1.807) is 54.7 Å². The molecule has 31 nitrogen and oxygen atoms in total. The van der Waals surface area contributed by atoms with E-state index in [0.717, 1.165) is 4.90 Å². The molecule has 3 aromatic carbocycles. The van der Waals surface area contributed by atoms with E-state index < -0.39 is 121 Å². The Balaban J connectivity index is 1.17. The number of nitrogens with two attached hydrogens (primary N) is 3. The second-order valence-corrected chi connectivity index (χ2v) is 23.6. The second-order valence-electron chi connectivity index (χ2n) is 23.6. The fraction of sp³-hybridized carbons (Fsp3) is 0.444. The standard InChI is InChI=1S/C63H84N18O13/c1-34(2)25-51(60(92)74-44(15-9-23-69-63(65)66)62(94)81-24-10-16-50(81)59(91)67-3)80(4)61(93)48(29-52-72-42-13-7-8-14-43(42)73-52)78-55(87)45(26-35-17-19-38(83)20-18-35)76-58(90)49(32-82)79-56(88)46(27-36-30-70-41-12-6-5-11-39(36)41)77-57(89)47(28-37-31-68-33-71-37)75-54(86)40(64)21-22-53(84)85/h5-8,11-14,17-20,30-31,33-34,40,44-51,70,82-83H,9-10,15-16,21-29,32,64H2,1-4H3,(H,67,91)(H,68,71)(H,72,73)(H,74,92)(H,75,86)(H,76,90)(H,77,89)(H,78,87)(H,79,88)(H,84,85)(H4,65,66,69)/t40-,44-,45-,46-,47-,48+,49-,50-,51-/m0/s1. The van der Waals surface area contributed by atoms with Crippen molar-refractivity contribution in [3.63, 3.8) is 0 Å². The first kappa shape index (κ1) is 71.0. The molecule has 0 spiro atoms. The molecule has 9 amide bonds. The molecule has 4 heterocycles. The lowest BCUT2D eigenvalue weighted by molar-refractivity contribution is -0.145. The Bertz CT molecular complexity index is 3610. The number of likely N-dealkylation sites (N-methyl/N-ethyl adjacent to an activating group) is 2. The number of benzene rings is 3. The summed E-state index contributed by atoms with van der Waals surface area (Å²) in [6, 6.07) is 7.26. The smallest absolute Gasteiger partial charge is 0.303 e. The highest BCUT2D eigenvalue weighted by atomic mass is 16.4. The van der Waals surface area contributed by atoms with E-state index in [2.05, 4.69) is 67.1 Å². The molecule has 0 bridgehead atoms. The summed E-state index contributed by atoms with van der Waals surface area (Å²) in [5.74, 6) is -8.71. The molecule has 0 unspecified atom stereocenters. The topological polar surface area (TPSA) is 486 Å². The van der Waals surface area contributed by atoms with Crippen molar-refractivity contribution < 1.29 is 63.3 Å². The summed E-state index contributed by atoms with van der Waals surface area (Å²) in [6.07, 6.45) is 3.94. The number of carboxylic acid groups (broad SMARTS) is 1. The summed E-state index contributed by atoms with van der Waals surface area (Å²) in [6.45, 7) is 2.97. The van der Waals surface area contributed by atoms with Gasteiger partial charge in [-0.05, 0) is 85.9 Å². The number of likely N-dealkylation sites (tertiary alicyclic amines) is 1. The number of hydrogen-bond donors (Lipinski definition) is 16. The van der Waals surface area contributed by atoms with Crippen molar-refractivity contribution in [1.29, 1.82) is 0 Å². The summed E-state index contributed by atoms with van der Waals surface area (Å²) >= 11 is 0. The highest BCUT2D eigenvalue weighted by Gasteiger charge is 2.41. The van der Waals surface area contributed by atoms with Gasteiger partial charge in [0.05, 0.1) is 30.0 Å². The summed E-state index contributed by atoms with van der Waals surface area (Å²) < 4.78 is 0. The molecule has 1 aliphatic heterocycles. The van der Waals surface area contributed by atoms with Crippen molar-refractivity contribution in [2.45, 2.75) is 139 Å². The number of fused-ring (bicyclic) bond motifs is 2. The number of imidazole rings is 2.